The summed E-state index contributed by atoms with van der Waals surface area (Å²) in [5.74, 6) is 2.76. The van der Waals surface area contributed by atoms with Crippen molar-refractivity contribution >= 4 is 17.0 Å². The minimum atomic E-state index is -0.684. The first kappa shape index (κ1) is 29.7. The molecule has 1 atom stereocenters. The maximum Gasteiger partial charge on any atom is 0.158 e. The summed E-state index contributed by atoms with van der Waals surface area (Å²) in [6, 6.07) is 23.4. The van der Waals surface area contributed by atoms with Gasteiger partial charge >= 0.3 is 0 Å². The van der Waals surface area contributed by atoms with E-state index in [1.54, 1.807) is 14.2 Å². The molecule has 0 fully saturated rings. The van der Waals surface area contributed by atoms with Gasteiger partial charge < -0.3 is 28.9 Å². The van der Waals surface area contributed by atoms with Crippen molar-refractivity contribution in [2.75, 3.05) is 14.2 Å². The van der Waals surface area contributed by atoms with Crippen molar-refractivity contribution in [3.05, 3.63) is 107 Å². The summed E-state index contributed by atoms with van der Waals surface area (Å²) >= 11 is 0. The number of fused-ring (bicyclic) bond motifs is 1. The highest BCUT2D eigenvalue weighted by atomic mass is 16.6. The second-order valence-electron chi connectivity index (χ2n) is 11.4. The Hall–Kier alpha value is -4.79. The van der Waals surface area contributed by atoms with E-state index in [9.17, 15) is 5.11 Å². The van der Waals surface area contributed by atoms with Gasteiger partial charge in [0, 0.05) is 47.2 Å². The van der Waals surface area contributed by atoms with Crippen LogP contribution in [-0.2, 0) is 30.5 Å². The van der Waals surface area contributed by atoms with E-state index in [0.717, 1.165) is 34.3 Å². The zero-order chi connectivity index (χ0) is 30.4. The molecule has 1 N–H and O–H groups in total. The number of aryl methyl sites for hydroxylation is 2. The van der Waals surface area contributed by atoms with Gasteiger partial charge in [-0.1, -0.05) is 69.3 Å². The van der Waals surface area contributed by atoms with Gasteiger partial charge in [0.1, 0.15) is 29.4 Å². The first-order chi connectivity index (χ1) is 20.7. The molecule has 0 spiro atoms. The number of aromatic nitrogens is 4. The van der Waals surface area contributed by atoms with Crippen LogP contribution in [0.15, 0.2) is 84.0 Å². The Morgan fingerprint density at radius 1 is 0.930 bits per heavy atom. The molecule has 0 amide bonds. The molecule has 0 aliphatic rings. The van der Waals surface area contributed by atoms with Crippen molar-refractivity contribution in [1.29, 1.82) is 0 Å². The molecule has 5 rings (SSSR count). The van der Waals surface area contributed by atoms with Crippen LogP contribution in [0.2, 0.25) is 0 Å². The van der Waals surface area contributed by atoms with Gasteiger partial charge in [-0.2, -0.15) is 0 Å². The van der Waals surface area contributed by atoms with Gasteiger partial charge in [-0.15, -0.1) is 10.2 Å². The van der Waals surface area contributed by atoms with Crippen LogP contribution in [0, 0.1) is 0 Å². The van der Waals surface area contributed by atoms with Gasteiger partial charge in [-0.25, -0.2) is 0 Å². The summed E-state index contributed by atoms with van der Waals surface area (Å²) < 4.78 is 18.8. The predicted octanol–water partition coefficient (Wildman–Crippen LogP) is 5.43. The van der Waals surface area contributed by atoms with Gasteiger partial charge in [0.15, 0.2) is 5.82 Å². The summed E-state index contributed by atoms with van der Waals surface area (Å²) in [6.45, 7) is 5.91. The Morgan fingerprint density at radius 2 is 1.70 bits per heavy atom. The molecule has 0 bridgehead atoms. The number of nitrogens with one attached hydrogen (secondary N) is 1. The van der Waals surface area contributed by atoms with Crippen LogP contribution in [0.1, 0.15) is 55.2 Å². The van der Waals surface area contributed by atoms with Crippen molar-refractivity contribution in [2.45, 2.75) is 58.2 Å². The lowest BCUT2D eigenvalue weighted by Gasteiger charge is -2.30. The number of hydrogen-bond donors (Lipinski definition) is 1. The van der Waals surface area contributed by atoms with Crippen LogP contribution in [0.3, 0.4) is 0 Å². The highest BCUT2D eigenvalue weighted by Crippen LogP contribution is 2.30. The first-order valence-corrected chi connectivity index (χ1v) is 14.4. The molecular formula is C34H38N5O4-. The summed E-state index contributed by atoms with van der Waals surface area (Å²) in [5.41, 5.74) is 3.48. The molecule has 0 saturated heterocycles. The third-order valence-electron chi connectivity index (χ3n) is 7.20. The van der Waals surface area contributed by atoms with Gasteiger partial charge in [0.25, 0.3) is 0 Å². The average Bonchev–Trinajstić information content (AvgIpc) is 3.59. The van der Waals surface area contributed by atoms with Gasteiger partial charge in [-0.3, -0.25) is 4.99 Å². The molecule has 2 aromatic heterocycles. The molecule has 5 aromatic rings. The molecule has 9 heteroatoms. The second-order valence-corrected chi connectivity index (χ2v) is 11.4. The predicted molar refractivity (Wildman–Crippen MR) is 166 cm³/mol. The van der Waals surface area contributed by atoms with Crippen molar-refractivity contribution in [1.82, 2.24) is 19.7 Å². The maximum absolute atomic E-state index is 13.1. The van der Waals surface area contributed by atoms with Gasteiger partial charge in [-0.05, 0) is 35.7 Å². The van der Waals surface area contributed by atoms with E-state index in [1.807, 2.05) is 81.6 Å². The molecule has 3 aromatic carbocycles. The van der Waals surface area contributed by atoms with E-state index in [4.69, 9.17) is 14.2 Å². The first-order valence-electron chi connectivity index (χ1n) is 14.4. The molecule has 2 heterocycles. The number of rotatable bonds is 11. The minimum absolute atomic E-state index is 0.424. The van der Waals surface area contributed by atoms with Crippen LogP contribution < -0.4 is 14.6 Å². The fourth-order valence-corrected chi connectivity index (χ4v) is 5.13. The number of benzene rings is 3. The standard InChI is InChI=1S/C34H39N5O4/c1-34(2,3)43-33(40)36-29(19-25-21-35-28-14-10-9-13-27(25)28)32-38-37-31(18-15-23-11-7-6-8-12-23)39(32)22-24-16-17-26(41-4)20-30(24)42-5/h6-14,16-17,20-21,29,35H,15,18-19,22H2,1-5H3,(H,36,40)/p-1/t29-/m1/s1. The third-order valence-corrected chi connectivity index (χ3v) is 7.20. The number of nitrogens with zero attached hydrogens (tertiary/aromatic N) is 4. The Labute approximate surface area is 252 Å². The summed E-state index contributed by atoms with van der Waals surface area (Å²) in [7, 11) is 3.26. The second kappa shape index (κ2) is 13.0. The molecule has 0 unspecified atom stereocenters. The number of para-hydroxylation sites is 1. The third kappa shape index (κ3) is 7.35. The van der Waals surface area contributed by atoms with E-state index in [-0.39, 0.29) is 0 Å². The average molecular weight is 581 g/mol. The van der Waals surface area contributed by atoms with E-state index in [1.165, 1.54) is 5.56 Å². The van der Waals surface area contributed by atoms with E-state index < -0.39 is 17.7 Å². The number of ether oxygens (including phenoxy) is 3. The van der Waals surface area contributed by atoms with Gasteiger partial charge in [0.2, 0.25) is 0 Å². The van der Waals surface area contributed by atoms with E-state index in [2.05, 4.69) is 42.9 Å². The zero-order valence-electron chi connectivity index (χ0n) is 25.3. The Kier molecular flexibility index (Phi) is 8.99. The zero-order valence-corrected chi connectivity index (χ0v) is 25.3. The van der Waals surface area contributed by atoms with Crippen molar-refractivity contribution in [3.63, 3.8) is 0 Å². The Balaban J connectivity index is 1.59. The topological polar surface area (TPSA) is 110 Å². The SMILES string of the molecule is COc1ccc(Cn2c(CCc3ccccc3)nnc2[C@@H](Cc2c[nH]c3ccccc23)N=C([O-])OC(C)(C)C)c(OC)c1. The highest BCUT2D eigenvalue weighted by Gasteiger charge is 2.24. The number of aromatic amines is 1. The van der Waals surface area contributed by atoms with Gasteiger partial charge in [0.05, 0.1) is 20.8 Å². The normalized spacial score (nSPS) is 12.8. The van der Waals surface area contributed by atoms with Crippen molar-refractivity contribution in [2.24, 2.45) is 4.99 Å². The van der Waals surface area contributed by atoms with E-state index >= 15 is 0 Å². The quantitative estimate of drug-likeness (QED) is 0.165. The van der Waals surface area contributed by atoms with Crippen LogP contribution in [0.25, 0.3) is 10.9 Å². The molecule has 0 aliphatic heterocycles. The van der Waals surface area contributed by atoms with Crippen LogP contribution in [-0.4, -0.2) is 45.7 Å². The minimum Gasteiger partial charge on any atom is -0.595 e. The van der Waals surface area contributed by atoms with Crippen molar-refractivity contribution < 1.29 is 19.3 Å². The lowest BCUT2D eigenvalue weighted by atomic mass is 10.0. The Morgan fingerprint density at radius 3 is 2.44 bits per heavy atom. The monoisotopic (exact) mass is 580 g/mol. The molecule has 43 heavy (non-hydrogen) atoms. The molecule has 9 nitrogen and oxygen atoms in total. The van der Waals surface area contributed by atoms with Crippen LogP contribution in [0.4, 0.5) is 0 Å². The fourth-order valence-electron chi connectivity index (χ4n) is 5.13. The largest absolute Gasteiger partial charge is 0.595 e. The van der Waals surface area contributed by atoms with Crippen LogP contribution in [0.5, 0.6) is 11.5 Å². The molecule has 0 radical (unpaired) electrons. The smallest absolute Gasteiger partial charge is 0.158 e. The number of hydrogen-bond acceptors (Lipinski definition) is 7. The van der Waals surface area contributed by atoms with Crippen molar-refractivity contribution in [3.8, 4) is 11.5 Å². The summed E-state index contributed by atoms with van der Waals surface area (Å²) in [5, 5.41) is 23.5. The van der Waals surface area contributed by atoms with Crippen LogP contribution >= 0.6 is 0 Å². The number of methoxy groups -OCH3 is 2. The number of aliphatic imine (C=N–C) groups is 1. The Bertz CT molecular complexity index is 1680. The molecule has 0 saturated carbocycles. The lowest BCUT2D eigenvalue weighted by Crippen LogP contribution is -2.32. The molecular weight excluding hydrogens is 542 g/mol. The summed E-state index contributed by atoms with van der Waals surface area (Å²) in [4.78, 5) is 7.90. The number of H-pyrrole nitrogens is 1. The summed E-state index contributed by atoms with van der Waals surface area (Å²) in [6.07, 6.45) is 3.20. The molecule has 0 aliphatic carbocycles. The molecule has 224 valence electrons. The fraction of sp³-hybridized carbons (Fsp3) is 0.324. The lowest BCUT2D eigenvalue weighted by molar-refractivity contribution is -0.261. The highest BCUT2D eigenvalue weighted by molar-refractivity contribution is 5.83. The maximum atomic E-state index is 13.1. The van der Waals surface area contributed by atoms with E-state index in [0.29, 0.717) is 36.7 Å².